The van der Waals surface area contributed by atoms with Gasteiger partial charge in [-0.3, -0.25) is 9.48 Å². The van der Waals surface area contributed by atoms with Crippen molar-refractivity contribution in [1.82, 2.24) is 14.7 Å². The highest BCUT2D eigenvalue weighted by atomic mass is 16.5. The van der Waals surface area contributed by atoms with E-state index >= 15 is 0 Å². The highest BCUT2D eigenvalue weighted by Gasteiger charge is 2.41. The molecule has 0 bridgehead atoms. The van der Waals surface area contributed by atoms with Crippen molar-refractivity contribution in [3.05, 3.63) is 17.5 Å². The molecule has 1 saturated carbocycles. The average molecular weight is 263 g/mol. The Morgan fingerprint density at radius 2 is 2.16 bits per heavy atom. The molecule has 1 spiro atoms. The number of nitrogens with zero attached hydrogens (tertiary/aromatic N) is 3. The molecule has 19 heavy (non-hydrogen) atoms. The summed E-state index contributed by atoms with van der Waals surface area (Å²) < 4.78 is 7.67. The van der Waals surface area contributed by atoms with E-state index in [4.69, 9.17) is 4.74 Å². The molecule has 5 heteroatoms. The minimum atomic E-state index is -0.0655. The first-order chi connectivity index (χ1) is 9.10. The number of morpholine rings is 1. The lowest BCUT2D eigenvalue weighted by Crippen LogP contribution is -2.52. The van der Waals surface area contributed by atoms with E-state index in [-0.39, 0.29) is 11.5 Å². The van der Waals surface area contributed by atoms with E-state index in [1.54, 1.807) is 4.68 Å². The quantitative estimate of drug-likeness (QED) is 0.771. The molecule has 2 heterocycles. The fourth-order valence-corrected chi connectivity index (χ4v) is 3.32. The Hall–Kier alpha value is -1.36. The fraction of sp³-hybridized carbons (Fsp3) is 0.714. The third kappa shape index (κ3) is 2.27. The number of carbonyl (C=O) groups excluding carboxylic acids is 1. The number of amides is 1. The van der Waals surface area contributed by atoms with Gasteiger partial charge >= 0.3 is 0 Å². The van der Waals surface area contributed by atoms with E-state index in [2.05, 4.69) is 5.10 Å². The lowest BCUT2D eigenvalue weighted by molar-refractivity contribution is -0.0948. The molecule has 1 saturated heterocycles. The smallest absolute Gasteiger partial charge is 0.257 e. The molecule has 1 aromatic rings. The van der Waals surface area contributed by atoms with E-state index in [1.807, 2.05) is 25.1 Å². The van der Waals surface area contributed by atoms with Crippen LogP contribution in [0.5, 0.6) is 0 Å². The molecule has 0 unspecified atom stereocenters. The van der Waals surface area contributed by atoms with E-state index < -0.39 is 0 Å². The third-order valence-electron chi connectivity index (χ3n) is 4.29. The third-order valence-corrected chi connectivity index (χ3v) is 4.29. The van der Waals surface area contributed by atoms with Crippen LogP contribution in [0.2, 0.25) is 0 Å². The fourth-order valence-electron chi connectivity index (χ4n) is 3.32. The average Bonchev–Trinajstić information content (AvgIpc) is 2.96. The van der Waals surface area contributed by atoms with Gasteiger partial charge < -0.3 is 9.64 Å². The van der Waals surface area contributed by atoms with Gasteiger partial charge in [-0.15, -0.1) is 0 Å². The van der Waals surface area contributed by atoms with Crippen LogP contribution in [0.3, 0.4) is 0 Å². The summed E-state index contributed by atoms with van der Waals surface area (Å²) >= 11 is 0. The van der Waals surface area contributed by atoms with Gasteiger partial charge in [0.1, 0.15) is 0 Å². The number of ether oxygens (including phenoxy) is 1. The zero-order valence-electron chi connectivity index (χ0n) is 11.7. The number of hydrogen-bond donors (Lipinski definition) is 0. The van der Waals surface area contributed by atoms with Gasteiger partial charge in [-0.05, 0) is 19.8 Å². The molecule has 1 aliphatic carbocycles. The molecule has 3 rings (SSSR count). The van der Waals surface area contributed by atoms with Crippen LogP contribution in [0.1, 0.15) is 41.7 Å². The Bertz CT molecular complexity index is 489. The van der Waals surface area contributed by atoms with E-state index in [0.717, 1.165) is 30.6 Å². The molecular formula is C14H21N3O2. The molecular weight excluding hydrogens is 242 g/mol. The summed E-state index contributed by atoms with van der Waals surface area (Å²) in [6.07, 6.45) is 6.42. The second-order valence-corrected chi connectivity index (χ2v) is 5.77. The second-order valence-electron chi connectivity index (χ2n) is 5.77. The van der Waals surface area contributed by atoms with Crippen LogP contribution in [0.25, 0.3) is 0 Å². The zero-order valence-corrected chi connectivity index (χ0v) is 11.7. The first kappa shape index (κ1) is 12.7. The highest BCUT2D eigenvalue weighted by Crippen LogP contribution is 2.36. The van der Waals surface area contributed by atoms with Gasteiger partial charge in [0.05, 0.1) is 30.0 Å². The van der Waals surface area contributed by atoms with Gasteiger partial charge in [0.15, 0.2) is 0 Å². The van der Waals surface area contributed by atoms with Gasteiger partial charge in [-0.2, -0.15) is 5.10 Å². The Balaban J connectivity index is 1.78. The van der Waals surface area contributed by atoms with Crippen LogP contribution in [0.15, 0.2) is 6.20 Å². The molecule has 1 aromatic heterocycles. The summed E-state index contributed by atoms with van der Waals surface area (Å²) in [5, 5.41) is 4.25. The standard InChI is InChI=1S/C14H21N3O2/c1-11-12(9-16(2)15-11)13(18)17-7-8-19-14(10-17)5-3-4-6-14/h9H,3-8,10H2,1-2H3. The van der Waals surface area contributed by atoms with Crippen LogP contribution >= 0.6 is 0 Å². The summed E-state index contributed by atoms with van der Waals surface area (Å²) in [4.78, 5) is 14.5. The molecule has 104 valence electrons. The van der Waals surface area contributed by atoms with Crippen LogP contribution < -0.4 is 0 Å². The maximum Gasteiger partial charge on any atom is 0.257 e. The van der Waals surface area contributed by atoms with Crippen molar-refractivity contribution in [2.45, 2.75) is 38.2 Å². The first-order valence-electron chi connectivity index (χ1n) is 7.03. The summed E-state index contributed by atoms with van der Waals surface area (Å²) in [7, 11) is 1.85. The van der Waals surface area contributed by atoms with E-state index in [9.17, 15) is 4.79 Å². The summed E-state index contributed by atoms with van der Waals surface area (Å²) in [6, 6.07) is 0. The monoisotopic (exact) mass is 263 g/mol. The molecule has 2 aliphatic rings. The van der Waals surface area contributed by atoms with Crippen LogP contribution in [-0.4, -0.2) is 45.9 Å². The summed E-state index contributed by atoms with van der Waals surface area (Å²) in [5.74, 6) is 0.0974. The number of aromatic nitrogens is 2. The molecule has 5 nitrogen and oxygen atoms in total. The molecule has 2 fully saturated rings. The van der Waals surface area contributed by atoms with Crippen LogP contribution in [-0.2, 0) is 11.8 Å². The number of rotatable bonds is 1. The molecule has 1 amide bonds. The van der Waals surface area contributed by atoms with Crippen molar-refractivity contribution in [2.24, 2.45) is 7.05 Å². The summed E-state index contributed by atoms with van der Waals surface area (Å²) in [6.45, 7) is 3.97. The van der Waals surface area contributed by atoms with Crippen molar-refractivity contribution in [1.29, 1.82) is 0 Å². The zero-order chi connectivity index (χ0) is 13.5. The van der Waals surface area contributed by atoms with Crippen molar-refractivity contribution in [3.8, 4) is 0 Å². The molecule has 0 N–H and O–H groups in total. The Morgan fingerprint density at radius 1 is 1.42 bits per heavy atom. The number of carbonyl (C=O) groups is 1. The Labute approximate surface area is 113 Å². The largest absolute Gasteiger partial charge is 0.371 e. The van der Waals surface area contributed by atoms with E-state index in [0.29, 0.717) is 13.2 Å². The van der Waals surface area contributed by atoms with Gasteiger partial charge in [0, 0.05) is 19.8 Å². The SMILES string of the molecule is Cc1nn(C)cc1C(=O)N1CCOC2(CCCC2)C1. The van der Waals surface area contributed by atoms with E-state index in [1.165, 1.54) is 12.8 Å². The maximum atomic E-state index is 12.6. The van der Waals surface area contributed by atoms with Crippen molar-refractivity contribution in [2.75, 3.05) is 19.7 Å². The van der Waals surface area contributed by atoms with Crippen molar-refractivity contribution >= 4 is 5.91 Å². The van der Waals surface area contributed by atoms with Gasteiger partial charge in [-0.25, -0.2) is 0 Å². The maximum absolute atomic E-state index is 12.6. The highest BCUT2D eigenvalue weighted by molar-refractivity contribution is 5.95. The van der Waals surface area contributed by atoms with Crippen molar-refractivity contribution < 1.29 is 9.53 Å². The van der Waals surface area contributed by atoms with Crippen LogP contribution in [0.4, 0.5) is 0 Å². The molecule has 0 radical (unpaired) electrons. The topological polar surface area (TPSA) is 47.4 Å². The predicted molar refractivity (Wildman–Crippen MR) is 71.0 cm³/mol. The minimum Gasteiger partial charge on any atom is -0.371 e. The number of aryl methyl sites for hydroxylation is 2. The molecule has 0 aromatic carbocycles. The lowest BCUT2D eigenvalue weighted by Gasteiger charge is -2.40. The van der Waals surface area contributed by atoms with Gasteiger partial charge in [0.2, 0.25) is 0 Å². The number of hydrogen-bond acceptors (Lipinski definition) is 3. The lowest BCUT2D eigenvalue weighted by atomic mass is 9.99. The van der Waals surface area contributed by atoms with Crippen molar-refractivity contribution in [3.63, 3.8) is 0 Å². The molecule has 0 atom stereocenters. The Kier molecular flexibility index (Phi) is 3.09. The minimum absolute atomic E-state index is 0.0655. The summed E-state index contributed by atoms with van der Waals surface area (Å²) in [5.41, 5.74) is 1.46. The van der Waals surface area contributed by atoms with Crippen LogP contribution in [0, 0.1) is 6.92 Å². The normalized spacial score (nSPS) is 22.1. The Morgan fingerprint density at radius 3 is 2.79 bits per heavy atom. The first-order valence-corrected chi connectivity index (χ1v) is 7.03. The van der Waals surface area contributed by atoms with Gasteiger partial charge in [0.25, 0.3) is 5.91 Å². The second kappa shape index (κ2) is 4.63. The predicted octanol–water partition coefficient (Wildman–Crippen LogP) is 1.51. The van der Waals surface area contributed by atoms with Gasteiger partial charge in [-0.1, -0.05) is 12.8 Å². The molecule has 1 aliphatic heterocycles.